The van der Waals surface area contributed by atoms with E-state index in [9.17, 15) is 14.2 Å². The zero-order valence-electron chi connectivity index (χ0n) is 15.5. The first-order valence-corrected chi connectivity index (χ1v) is 10.6. The quantitative estimate of drug-likeness (QED) is 0.603. The first-order chi connectivity index (χ1) is 12.3. The number of nitrogens with one attached hydrogen (secondary N) is 1. The number of halogens is 1. The summed E-state index contributed by atoms with van der Waals surface area (Å²) in [5.74, 6) is -2.50. The largest absolute Gasteiger partial charge is 0.362 e. The van der Waals surface area contributed by atoms with E-state index in [2.05, 4.69) is 5.32 Å². The highest BCUT2D eigenvalue weighted by Gasteiger charge is 2.44. The fraction of sp³-hybridized carbons (Fsp3) is 0.529. The van der Waals surface area contributed by atoms with Crippen LogP contribution in [0.15, 0.2) is 24.3 Å². The number of nitrogens with zero attached hydrogens (tertiary/aromatic N) is 1. The molecule has 0 saturated heterocycles. The molecule has 0 heterocycles. The van der Waals surface area contributed by atoms with Gasteiger partial charge < -0.3 is 19.3 Å². The zero-order valence-corrected chi connectivity index (χ0v) is 17.2. The Balaban J connectivity index is 3.21. The third-order valence-corrected chi connectivity index (χ3v) is 6.09. The molecule has 1 aromatic carbocycles. The van der Waals surface area contributed by atoms with E-state index in [4.69, 9.17) is 20.6 Å². The summed E-state index contributed by atoms with van der Waals surface area (Å²) in [4.78, 5) is 26.9. The van der Waals surface area contributed by atoms with E-state index in [1.165, 1.54) is 17.0 Å². The van der Waals surface area contributed by atoms with E-state index in [-0.39, 0.29) is 18.8 Å². The van der Waals surface area contributed by atoms with E-state index in [1.54, 1.807) is 39.8 Å². The molecule has 9 heteroatoms. The number of carbonyl (C=O) groups excluding carboxylic acids is 2. The lowest BCUT2D eigenvalue weighted by Gasteiger charge is -2.30. The molecule has 0 aliphatic heterocycles. The SMILES string of the molecule is CCOP(=O)(OCC)C(NC(=O)c1ccc(Cl)cc1)C(=O)N(CC)CC. The van der Waals surface area contributed by atoms with Crippen molar-refractivity contribution in [3.63, 3.8) is 0 Å². The fourth-order valence-electron chi connectivity index (χ4n) is 2.34. The molecule has 1 unspecified atom stereocenters. The predicted octanol–water partition coefficient (Wildman–Crippen LogP) is 3.53. The summed E-state index contributed by atoms with van der Waals surface area (Å²) in [6, 6.07) is 6.15. The van der Waals surface area contributed by atoms with E-state index < -0.39 is 25.2 Å². The Bertz CT molecular complexity index is 639. The Kier molecular flexibility index (Phi) is 9.30. The van der Waals surface area contributed by atoms with Crippen molar-refractivity contribution in [2.45, 2.75) is 33.5 Å². The van der Waals surface area contributed by atoms with Crippen LogP contribution in [0.1, 0.15) is 38.1 Å². The standard InChI is InChI=1S/C17H26ClN2O5P/c1-5-20(6-2)17(22)16(26(23,24-7-3)25-8-4)19-15(21)13-9-11-14(18)12-10-13/h9-12,16H,5-8H2,1-4H3,(H,19,21). The second kappa shape index (κ2) is 10.7. The van der Waals surface area contributed by atoms with Gasteiger partial charge in [0.2, 0.25) is 5.78 Å². The van der Waals surface area contributed by atoms with Crippen LogP contribution >= 0.6 is 19.2 Å². The first kappa shape index (κ1) is 22.6. The minimum Gasteiger partial charge on any atom is -0.341 e. The molecular weight excluding hydrogens is 379 g/mol. The van der Waals surface area contributed by atoms with E-state index in [0.717, 1.165) is 0 Å². The number of benzene rings is 1. The lowest BCUT2D eigenvalue weighted by atomic mass is 10.2. The van der Waals surface area contributed by atoms with Crippen LogP contribution in [0.25, 0.3) is 0 Å². The van der Waals surface area contributed by atoms with Gasteiger partial charge in [-0.15, -0.1) is 0 Å². The molecule has 2 amide bonds. The molecule has 1 atom stereocenters. The van der Waals surface area contributed by atoms with E-state index in [1.807, 2.05) is 0 Å². The molecule has 1 N–H and O–H groups in total. The Morgan fingerprint density at radius 3 is 2.00 bits per heavy atom. The van der Waals surface area contributed by atoms with Crippen LogP contribution in [0, 0.1) is 0 Å². The van der Waals surface area contributed by atoms with Gasteiger partial charge >= 0.3 is 7.60 Å². The summed E-state index contributed by atoms with van der Waals surface area (Å²) >= 11 is 5.83. The van der Waals surface area contributed by atoms with Gasteiger partial charge in [-0.2, -0.15) is 0 Å². The number of hydrogen-bond donors (Lipinski definition) is 1. The molecule has 0 radical (unpaired) electrons. The number of hydrogen-bond acceptors (Lipinski definition) is 5. The van der Waals surface area contributed by atoms with Gasteiger partial charge in [0, 0.05) is 23.7 Å². The molecule has 0 aliphatic rings. The average molecular weight is 405 g/mol. The molecule has 0 aliphatic carbocycles. The highest BCUT2D eigenvalue weighted by Crippen LogP contribution is 2.52. The monoisotopic (exact) mass is 404 g/mol. The lowest BCUT2D eigenvalue weighted by Crippen LogP contribution is -2.49. The van der Waals surface area contributed by atoms with Gasteiger partial charge in [0.15, 0.2) is 0 Å². The fourth-order valence-corrected chi connectivity index (χ4v) is 4.27. The molecule has 0 fully saturated rings. The van der Waals surface area contributed by atoms with E-state index >= 15 is 0 Å². The molecule has 7 nitrogen and oxygen atoms in total. The third kappa shape index (κ3) is 5.81. The van der Waals surface area contributed by atoms with Crippen LogP contribution in [0.3, 0.4) is 0 Å². The van der Waals surface area contributed by atoms with Crippen LogP contribution in [0.5, 0.6) is 0 Å². The maximum absolute atomic E-state index is 13.2. The summed E-state index contributed by atoms with van der Waals surface area (Å²) in [6.07, 6.45) is 0. The molecule has 0 bridgehead atoms. The number of carbonyl (C=O) groups is 2. The average Bonchev–Trinajstić information content (AvgIpc) is 2.61. The summed E-state index contributed by atoms with van der Waals surface area (Å²) < 4.78 is 23.8. The topological polar surface area (TPSA) is 84.9 Å². The molecule has 0 aromatic heterocycles. The molecule has 0 saturated carbocycles. The van der Waals surface area contributed by atoms with Crippen LogP contribution in [-0.2, 0) is 18.4 Å². The van der Waals surface area contributed by atoms with Crippen LogP contribution < -0.4 is 5.32 Å². The van der Waals surface area contributed by atoms with Crippen LogP contribution in [0.4, 0.5) is 0 Å². The van der Waals surface area contributed by atoms with Gasteiger partial charge in [0.1, 0.15) is 0 Å². The lowest BCUT2D eigenvalue weighted by molar-refractivity contribution is -0.131. The summed E-state index contributed by atoms with van der Waals surface area (Å²) in [5, 5.41) is 3.00. The van der Waals surface area contributed by atoms with Crippen molar-refractivity contribution in [2.75, 3.05) is 26.3 Å². The van der Waals surface area contributed by atoms with Crippen molar-refractivity contribution in [2.24, 2.45) is 0 Å². The predicted molar refractivity (Wildman–Crippen MR) is 101 cm³/mol. The van der Waals surface area contributed by atoms with Crippen molar-refractivity contribution in [3.8, 4) is 0 Å². The van der Waals surface area contributed by atoms with Crippen molar-refractivity contribution >= 4 is 31.0 Å². The first-order valence-electron chi connectivity index (χ1n) is 8.56. The smallest absolute Gasteiger partial charge is 0.341 e. The Morgan fingerprint density at radius 1 is 1.08 bits per heavy atom. The summed E-state index contributed by atoms with van der Waals surface area (Å²) in [7, 11) is -3.90. The number of amides is 2. The minimum atomic E-state index is -3.90. The van der Waals surface area contributed by atoms with Gasteiger partial charge in [0.05, 0.1) is 13.2 Å². The Labute approximate surface area is 159 Å². The summed E-state index contributed by atoms with van der Waals surface area (Å²) in [6.45, 7) is 7.85. The van der Waals surface area contributed by atoms with Crippen molar-refractivity contribution in [3.05, 3.63) is 34.9 Å². The molecule has 1 aromatic rings. The Hall–Kier alpha value is -1.40. The maximum Gasteiger partial charge on any atom is 0.362 e. The van der Waals surface area contributed by atoms with Crippen molar-refractivity contribution in [1.82, 2.24) is 10.2 Å². The molecule has 26 heavy (non-hydrogen) atoms. The second-order valence-electron chi connectivity index (χ2n) is 5.27. The second-order valence-corrected chi connectivity index (χ2v) is 7.82. The minimum absolute atomic E-state index is 0.0795. The molecule has 0 spiro atoms. The molecular formula is C17H26ClN2O5P. The number of likely N-dealkylation sites (N-methyl/N-ethyl adjacent to an activating group) is 1. The maximum atomic E-state index is 13.2. The zero-order chi connectivity index (χ0) is 19.7. The van der Waals surface area contributed by atoms with Crippen LogP contribution in [-0.4, -0.2) is 48.8 Å². The normalized spacial score (nSPS) is 12.5. The van der Waals surface area contributed by atoms with Gasteiger partial charge in [0.25, 0.3) is 11.8 Å². The highest BCUT2D eigenvalue weighted by atomic mass is 35.5. The van der Waals surface area contributed by atoms with E-state index in [0.29, 0.717) is 18.1 Å². The molecule has 1 rings (SSSR count). The summed E-state index contributed by atoms with van der Waals surface area (Å²) in [5.41, 5.74) is 0.284. The highest BCUT2D eigenvalue weighted by molar-refractivity contribution is 7.55. The van der Waals surface area contributed by atoms with Crippen LogP contribution in [0.2, 0.25) is 5.02 Å². The molecule has 146 valence electrons. The number of rotatable bonds is 10. The third-order valence-electron chi connectivity index (χ3n) is 3.62. The van der Waals surface area contributed by atoms with Gasteiger partial charge in [-0.1, -0.05) is 11.6 Å². The van der Waals surface area contributed by atoms with Gasteiger partial charge in [-0.25, -0.2) is 0 Å². The van der Waals surface area contributed by atoms with Gasteiger partial charge in [-0.05, 0) is 52.0 Å². The van der Waals surface area contributed by atoms with Gasteiger partial charge in [-0.3, -0.25) is 14.2 Å². The Morgan fingerprint density at radius 2 is 1.58 bits per heavy atom. The van der Waals surface area contributed by atoms with Crippen molar-refractivity contribution in [1.29, 1.82) is 0 Å². The van der Waals surface area contributed by atoms with Crippen molar-refractivity contribution < 1.29 is 23.2 Å².